The van der Waals surface area contributed by atoms with Crippen molar-refractivity contribution in [3.8, 4) is 0 Å². The number of rotatable bonds is 6. The maximum absolute atomic E-state index is 12.5. The number of nitro groups is 2. The van der Waals surface area contributed by atoms with Crippen LogP contribution in [0.15, 0.2) is 23.1 Å². The zero-order valence-corrected chi connectivity index (χ0v) is 13.9. The minimum absolute atomic E-state index is 0.215. The fraction of sp³-hybridized carbons (Fsp3) is 0.462. The molecule has 1 fully saturated rings. The Morgan fingerprint density at radius 2 is 2.00 bits per heavy atom. The number of nitrogens with zero attached hydrogens (tertiary/aromatic N) is 2. The van der Waals surface area contributed by atoms with Crippen molar-refractivity contribution in [3.05, 3.63) is 38.4 Å². The summed E-state index contributed by atoms with van der Waals surface area (Å²) < 4.78 is 29.6. The Balaban J connectivity index is 2.27. The Kier molecular flexibility index (Phi) is 5.33. The molecule has 2 rings (SSSR count). The molecule has 1 aromatic rings. The number of nitrogens with one attached hydrogen (secondary N) is 1. The summed E-state index contributed by atoms with van der Waals surface area (Å²) in [5, 5.41) is 24.7. The van der Waals surface area contributed by atoms with Crippen molar-refractivity contribution in [1.82, 2.24) is 5.32 Å². The van der Waals surface area contributed by atoms with Gasteiger partial charge in [0.15, 0.2) is 9.84 Å². The average Bonchev–Trinajstić information content (AvgIpc) is 3.01. The third kappa shape index (κ3) is 4.09. The molecule has 2 atom stereocenters. The quantitative estimate of drug-likeness (QED) is 0.423. The fourth-order valence-corrected chi connectivity index (χ4v) is 4.46. The topological polar surface area (TPSA) is 159 Å². The van der Waals surface area contributed by atoms with E-state index in [-0.39, 0.29) is 13.0 Å². The first-order valence-corrected chi connectivity index (χ1v) is 8.77. The van der Waals surface area contributed by atoms with Gasteiger partial charge in [-0.05, 0) is 24.9 Å². The molecular weight excluding hydrogens is 358 g/mol. The molecule has 1 heterocycles. The van der Waals surface area contributed by atoms with Crippen molar-refractivity contribution >= 4 is 27.2 Å². The monoisotopic (exact) mass is 373 g/mol. The lowest BCUT2D eigenvalue weighted by atomic mass is 10.1. The van der Waals surface area contributed by atoms with Gasteiger partial charge < -0.3 is 10.1 Å². The molecule has 136 valence electrons. The van der Waals surface area contributed by atoms with Crippen LogP contribution in [0.4, 0.5) is 11.4 Å². The number of hydrogen-bond donors (Lipinski definition) is 1. The molecule has 1 aromatic carbocycles. The number of carbonyl (C=O) groups is 1. The molecule has 1 aliphatic heterocycles. The number of nitro benzene ring substituents is 2. The summed E-state index contributed by atoms with van der Waals surface area (Å²) in [5.41, 5.74) is -1.41. The molecule has 0 unspecified atom stereocenters. The molecule has 0 aromatic heterocycles. The predicted molar refractivity (Wildman–Crippen MR) is 83.7 cm³/mol. The molecular formula is C13H15N3O8S. The predicted octanol–water partition coefficient (Wildman–Crippen LogP) is 0.428. The summed E-state index contributed by atoms with van der Waals surface area (Å²) in [4.78, 5) is 30.9. The highest BCUT2D eigenvalue weighted by atomic mass is 32.2. The maximum atomic E-state index is 12.5. The summed E-state index contributed by atoms with van der Waals surface area (Å²) in [6, 6.07) is 1.77. The van der Waals surface area contributed by atoms with E-state index in [4.69, 9.17) is 0 Å². The smallest absolute Gasteiger partial charge is 0.322 e. The number of carbonyl (C=O) groups excluding carboxylic acids is 1. The van der Waals surface area contributed by atoms with Gasteiger partial charge in [-0.15, -0.1) is 0 Å². The molecule has 11 nitrogen and oxygen atoms in total. The van der Waals surface area contributed by atoms with Crippen molar-refractivity contribution in [2.45, 2.75) is 17.4 Å². The zero-order valence-electron chi connectivity index (χ0n) is 13.1. The van der Waals surface area contributed by atoms with E-state index in [9.17, 15) is 33.4 Å². The average molecular weight is 373 g/mol. The lowest BCUT2D eigenvalue weighted by molar-refractivity contribution is -0.396. The van der Waals surface area contributed by atoms with Gasteiger partial charge in [0, 0.05) is 6.07 Å². The summed E-state index contributed by atoms with van der Waals surface area (Å²) >= 11 is 0. The third-order valence-electron chi connectivity index (χ3n) is 3.85. The molecule has 0 saturated carbocycles. The minimum Gasteiger partial charge on any atom is -0.468 e. The largest absolute Gasteiger partial charge is 0.468 e. The fourth-order valence-electron chi connectivity index (χ4n) is 2.68. The van der Waals surface area contributed by atoms with Gasteiger partial charge in [-0.25, -0.2) is 8.42 Å². The van der Waals surface area contributed by atoms with Gasteiger partial charge in [0.2, 0.25) is 0 Å². The molecule has 0 amide bonds. The van der Waals surface area contributed by atoms with Crippen molar-refractivity contribution in [3.63, 3.8) is 0 Å². The van der Waals surface area contributed by atoms with Crippen LogP contribution in [0, 0.1) is 26.1 Å². The number of methoxy groups -OCH3 is 1. The van der Waals surface area contributed by atoms with Crippen molar-refractivity contribution in [2.24, 2.45) is 5.92 Å². The molecule has 0 bridgehead atoms. The van der Waals surface area contributed by atoms with E-state index in [2.05, 4.69) is 10.1 Å². The first-order chi connectivity index (χ1) is 11.7. The molecule has 12 heteroatoms. The highest BCUT2D eigenvalue weighted by Crippen LogP contribution is 2.31. The van der Waals surface area contributed by atoms with E-state index in [0.29, 0.717) is 6.07 Å². The van der Waals surface area contributed by atoms with Gasteiger partial charge in [-0.3, -0.25) is 25.0 Å². The van der Waals surface area contributed by atoms with Crippen LogP contribution in [0.3, 0.4) is 0 Å². The normalized spacial score (nSPS) is 20.2. The number of non-ortho nitro benzene ring substituents is 1. The Hall–Kier alpha value is -2.60. The number of esters is 1. The zero-order chi connectivity index (χ0) is 18.8. The van der Waals surface area contributed by atoms with Crippen LogP contribution in [0.5, 0.6) is 0 Å². The number of ether oxygens (including phenoxy) is 1. The van der Waals surface area contributed by atoms with Crippen LogP contribution in [0.25, 0.3) is 0 Å². The van der Waals surface area contributed by atoms with Crippen LogP contribution in [0.2, 0.25) is 0 Å². The molecule has 0 spiro atoms. The van der Waals surface area contributed by atoms with E-state index in [1.54, 1.807) is 0 Å². The van der Waals surface area contributed by atoms with Crippen molar-refractivity contribution in [1.29, 1.82) is 0 Å². The molecule has 1 N–H and O–H groups in total. The van der Waals surface area contributed by atoms with Gasteiger partial charge in [0.1, 0.15) is 10.9 Å². The summed E-state index contributed by atoms with van der Waals surface area (Å²) in [7, 11) is -2.86. The third-order valence-corrected chi connectivity index (χ3v) is 5.77. The van der Waals surface area contributed by atoms with E-state index in [1.165, 1.54) is 7.11 Å². The highest BCUT2D eigenvalue weighted by molar-refractivity contribution is 7.91. The number of sulfone groups is 1. The van der Waals surface area contributed by atoms with E-state index in [0.717, 1.165) is 12.1 Å². The Morgan fingerprint density at radius 1 is 1.32 bits per heavy atom. The first-order valence-electron chi connectivity index (χ1n) is 7.12. The second-order valence-electron chi connectivity index (χ2n) is 5.53. The summed E-state index contributed by atoms with van der Waals surface area (Å²) in [6.45, 7) is 0.236. The first kappa shape index (κ1) is 18.7. The molecule has 0 aliphatic carbocycles. The van der Waals surface area contributed by atoms with Gasteiger partial charge in [-0.2, -0.15) is 0 Å². The maximum Gasteiger partial charge on any atom is 0.322 e. The van der Waals surface area contributed by atoms with Crippen LogP contribution in [-0.2, 0) is 19.4 Å². The van der Waals surface area contributed by atoms with E-state index >= 15 is 0 Å². The van der Waals surface area contributed by atoms with Crippen molar-refractivity contribution < 1.29 is 27.8 Å². The Bertz CT molecular complexity index is 823. The lowest BCUT2D eigenvalue weighted by Crippen LogP contribution is -2.31. The SMILES string of the molecule is COC(=O)[C@@H]1C[C@H](CS(=O)(=O)c2ccc([N+](=O)[O-])cc2[N+](=O)[O-])CN1. The van der Waals surface area contributed by atoms with Gasteiger partial charge >= 0.3 is 5.97 Å². The Morgan fingerprint density at radius 3 is 2.56 bits per heavy atom. The number of benzene rings is 1. The molecule has 0 radical (unpaired) electrons. The van der Waals surface area contributed by atoms with Crippen LogP contribution in [-0.4, -0.2) is 49.7 Å². The second kappa shape index (κ2) is 7.11. The Labute approximate surface area is 142 Å². The standard InChI is InChI=1S/C13H15N3O8S/c1-24-13(17)10-4-8(6-14-10)7-25(22,23)12-3-2-9(15(18)19)5-11(12)16(20)21/h2-3,5,8,10,14H,4,6-7H2,1H3/t8-,10-/m0/s1. The van der Waals surface area contributed by atoms with Gasteiger partial charge in [0.05, 0.1) is 28.8 Å². The van der Waals surface area contributed by atoms with Gasteiger partial charge in [0.25, 0.3) is 11.4 Å². The minimum atomic E-state index is -4.07. The lowest BCUT2D eigenvalue weighted by Gasteiger charge is -2.10. The van der Waals surface area contributed by atoms with Crippen LogP contribution < -0.4 is 5.32 Å². The van der Waals surface area contributed by atoms with Gasteiger partial charge in [-0.1, -0.05) is 0 Å². The summed E-state index contributed by atoms with van der Waals surface area (Å²) in [5.74, 6) is -1.38. The van der Waals surface area contributed by atoms with Crippen LogP contribution in [0.1, 0.15) is 6.42 Å². The van der Waals surface area contributed by atoms with Crippen LogP contribution >= 0.6 is 0 Å². The number of hydrogen-bond acceptors (Lipinski definition) is 9. The highest BCUT2D eigenvalue weighted by Gasteiger charge is 2.36. The molecule has 25 heavy (non-hydrogen) atoms. The second-order valence-corrected chi connectivity index (χ2v) is 7.54. The molecule has 1 aliphatic rings. The summed E-state index contributed by atoms with van der Waals surface area (Å²) in [6.07, 6.45) is 0.215. The molecule has 1 saturated heterocycles. The van der Waals surface area contributed by atoms with E-state index < -0.39 is 59.6 Å². The van der Waals surface area contributed by atoms with Crippen molar-refractivity contribution in [2.75, 3.05) is 19.4 Å². The van der Waals surface area contributed by atoms with E-state index in [1.807, 2.05) is 0 Å².